The molecule has 1 saturated heterocycles. The Morgan fingerprint density at radius 1 is 1.22 bits per heavy atom. The molecule has 2 aromatic rings. The molecule has 1 aromatic heterocycles. The number of amides is 1. The zero-order valence-electron chi connectivity index (χ0n) is 15.4. The van der Waals surface area contributed by atoms with Crippen LogP contribution in [0.5, 0.6) is 0 Å². The van der Waals surface area contributed by atoms with Crippen molar-refractivity contribution < 1.29 is 4.79 Å². The Kier molecular flexibility index (Phi) is 5.60. The van der Waals surface area contributed by atoms with Gasteiger partial charge in [-0.25, -0.2) is 4.98 Å². The first kappa shape index (κ1) is 18.3. The number of hydrogen-bond acceptors (Lipinski definition) is 3. The predicted molar refractivity (Wildman–Crippen MR) is 109 cm³/mol. The number of anilines is 1. The van der Waals surface area contributed by atoms with Crippen molar-refractivity contribution in [3.05, 3.63) is 52.6 Å². The maximum atomic E-state index is 12.6. The molecule has 0 bridgehead atoms. The molecule has 4 rings (SSSR count). The number of allylic oxidation sites excluding steroid dienone is 2. The van der Waals surface area contributed by atoms with Gasteiger partial charge in [-0.15, -0.1) is 0 Å². The van der Waals surface area contributed by atoms with Gasteiger partial charge < -0.3 is 15.6 Å². The van der Waals surface area contributed by atoms with Crippen LogP contribution in [0, 0.1) is 0 Å². The minimum absolute atomic E-state index is 0.228. The number of hydrogen-bond donors (Lipinski definition) is 3. The van der Waals surface area contributed by atoms with Crippen LogP contribution in [0.1, 0.15) is 66.2 Å². The number of H-pyrrole nitrogens is 1. The lowest BCUT2D eigenvalue weighted by Crippen LogP contribution is -2.26. The lowest BCUT2D eigenvalue weighted by Gasteiger charge is -2.25. The third-order valence-electron chi connectivity index (χ3n) is 5.50. The lowest BCUT2D eigenvalue weighted by atomic mass is 9.86. The van der Waals surface area contributed by atoms with Gasteiger partial charge in [-0.2, -0.15) is 0 Å². The van der Waals surface area contributed by atoms with E-state index in [1.165, 1.54) is 30.2 Å². The molecule has 142 valence electrons. The number of carbonyl (C=O) groups excluding carboxylic acids is 1. The minimum atomic E-state index is -0.269. The van der Waals surface area contributed by atoms with Gasteiger partial charge in [0.25, 0.3) is 5.91 Å². The van der Waals surface area contributed by atoms with Crippen LogP contribution in [0.15, 0.2) is 30.5 Å². The first-order valence-electron chi connectivity index (χ1n) is 9.76. The average molecular weight is 385 g/mol. The second-order valence-electron chi connectivity index (χ2n) is 7.34. The Morgan fingerprint density at radius 3 is 2.78 bits per heavy atom. The molecule has 1 amide bonds. The van der Waals surface area contributed by atoms with Crippen LogP contribution in [0.2, 0.25) is 5.15 Å². The number of piperidine rings is 1. The highest BCUT2D eigenvalue weighted by molar-refractivity contribution is 6.29. The molecule has 1 aromatic carbocycles. The molecule has 5 nitrogen and oxygen atoms in total. The first-order valence-corrected chi connectivity index (χ1v) is 10.1. The summed E-state index contributed by atoms with van der Waals surface area (Å²) in [5.41, 5.74) is 4.71. The monoisotopic (exact) mass is 384 g/mol. The number of nitrogens with zero attached hydrogens (tertiary/aromatic N) is 1. The Labute approximate surface area is 164 Å². The lowest BCUT2D eigenvalue weighted by molar-refractivity contribution is 0.101. The molecule has 1 aliphatic carbocycles. The SMILES string of the molecule is O=C(Nc1ccc(C2CCNCC2)cc1C1=CCCCC1)c1ncc(Cl)[nH]1. The fourth-order valence-electron chi connectivity index (χ4n) is 4.02. The summed E-state index contributed by atoms with van der Waals surface area (Å²) in [6, 6.07) is 6.50. The minimum Gasteiger partial charge on any atom is -0.325 e. The summed E-state index contributed by atoms with van der Waals surface area (Å²) in [5.74, 6) is 0.544. The molecule has 3 N–H and O–H groups in total. The van der Waals surface area contributed by atoms with E-state index in [4.69, 9.17) is 11.6 Å². The zero-order valence-corrected chi connectivity index (χ0v) is 16.1. The van der Waals surface area contributed by atoms with Gasteiger partial charge in [0.1, 0.15) is 5.15 Å². The molecule has 0 radical (unpaired) electrons. The molecule has 6 heteroatoms. The van der Waals surface area contributed by atoms with Crippen molar-refractivity contribution in [1.82, 2.24) is 15.3 Å². The van der Waals surface area contributed by atoms with E-state index in [-0.39, 0.29) is 11.7 Å². The van der Waals surface area contributed by atoms with E-state index in [1.807, 2.05) is 6.07 Å². The third kappa shape index (κ3) is 4.25. The third-order valence-corrected chi connectivity index (χ3v) is 5.69. The molecule has 1 fully saturated rings. The van der Waals surface area contributed by atoms with Gasteiger partial charge in [0.2, 0.25) is 0 Å². The molecule has 1 aliphatic heterocycles. The first-order chi connectivity index (χ1) is 13.2. The van der Waals surface area contributed by atoms with Crippen molar-refractivity contribution in [2.24, 2.45) is 0 Å². The summed E-state index contributed by atoms with van der Waals surface area (Å²) in [6.07, 6.45) is 10.7. The van der Waals surface area contributed by atoms with Gasteiger partial charge in [-0.3, -0.25) is 4.79 Å². The molecule has 2 aliphatic rings. The molecule has 0 atom stereocenters. The average Bonchev–Trinajstić information content (AvgIpc) is 3.16. The summed E-state index contributed by atoms with van der Waals surface area (Å²) in [5, 5.41) is 6.81. The van der Waals surface area contributed by atoms with Crippen LogP contribution < -0.4 is 10.6 Å². The fourth-order valence-corrected chi connectivity index (χ4v) is 4.16. The molecular weight excluding hydrogens is 360 g/mol. The van der Waals surface area contributed by atoms with Crippen molar-refractivity contribution in [2.75, 3.05) is 18.4 Å². The standard InChI is InChI=1S/C21H25ClN4O/c22-19-13-24-20(26-19)21(27)25-18-7-6-16(14-8-10-23-11-9-14)12-17(18)15-4-2-1-3-5-15/h4,6-7,12-14,23H,1-3,5,8-11H2,(H,24,26)(H,25,27). The van der Waals surface area contributed by atoms with Crippen LogP contribution in [0.25, 0.3) is 5.57 Å². The molecule has 27 heavy (non-hydrogen) atoms. The van der Waals surface area contributed by atoms with Crippen molar-refractivity contribution in [2.45, 2.75) is 44.4 Å². The van der Waals surface area contributed by atoms with Gasteiger partial charge in [-0.05, 0) is 80.8 Å². The van der Waals surface area contributed by atoms with E-state index < -0.39 is 0 Å². The maximum Gasteiger partial charge on any atom is 0.291 e. The summed E-state index contributed by atoms with van der Waals surface area (Å²) in [7, 11) is 0. The molecule has 0 unspecified atom stereocenters. The molecule has 2 heterocycles. The second-order valence-corrected chi connectivity index (χ2v) is 7.75. The number of halogens is 1. The van der Waals surface area contributed by atoms with E-state index in [0.29, 0.717) is 11.1 Å². The summed E-state index contributed by atoms with van der Waals surface area (Å²) in [6.45, 7) is 2.14. The van der Waals surface area contributed by atoms with Crippen molar-refractivity contribution >= 4 is 28.8 Å². The van der Waals surface area contributed by atoms with Gasteiger partial charge >= 0.3 is 0 Å². The number of benzene rings is 1. The van der Waals surface area contributed by atoms with Gasteiger partial charge in [-0.1, -0.05) is 23.7 Å². The highest BCUT2D eigenvalue weighted by atomic mass is 35.5. The zero-order chi connectivity index (χ0) is 18.6. The predicted octanol–water partition coefficient (Wildman–Crippen LogP) is 4.74. The number of rotatable bonds is 4. The van der Waals surface area contributed by atoms with E-state index in [2.05, 4.69) is 38.8 Å². The van der Waals surface area contributed by atoms with E-state index in [9.17, 15) is 4.79 Å². The number of aromatic nitrogens is 2. The van der Waals surface area contributed by atoms with E-state index >= 15 is 0 Å². The van der Waals surface area contributed by atoms with Crippen LogP contribution in [-0.2, 0) is 0 Å². The quantitative estimate of drug-likeness (QED) is 0.713. The van der Waals surface area contributed by atoms with Crippen molar-refractivity contribution in [3.8, 4) is 0 Å². The largest absolute Gasteiger partial charge is 0.325 e. The van der Waals surface area contributed by atoms with Crippen LogP contribution in [-0.4, -0.2) is 29.0 Å². The van der Waals surface area contributed by atoms with Gasteiger partial charge in [0, 0.05) is 11.3 Å². The number of imidazole rings is 1. The maximum absolute atomic E-state index is 12.6. The Morgan fingerprint density at radius 2 is 2.07 bits per heavy atom. The number of carbonyl (C=O) groups is 1. The summed E-state index contributed by atoms with van der Waals surface area (Å²) in [4.78, 5) is 19.4. The molecule has 0 saturated carbocycles. The van der Waals surface area contributed by atoms with Crippen molar-refractivity contribution in [1.29, 1.82) is 0 Å². The van der Waals surface area contributed by atoms with Crippen LogP contribution in [0.4, 0.5) is 5.69 Å². The fraction of sp³-hybridized carbons (Fsp3) is 0.429. The van der Waals surface area contributed by atoms with Gasteiger partial charge in [0.15, 0.2) is 5.82 Å². The van der Waals surface area contributed by atoms with Crippen LogP contribution >= 0.6 is 11.6 Å². The summed E-state index contributed by atoms with van der Waals surface area (Å²) < 4.78 is 0. The number of aromatic amines is 1. The van der Waals surface area contributed by atoms with Gasteiger partial charge in [0.05, 0.1) is 6.20 Å². The normalized spacial score (nSPS) is 18.2. The van der Waals surface area contributed by atoms with E-state index in [0.717, 1.165) is 50.0 Å². The Hall–Kier alpha value is -2.11. The number of nitrogens with one attached hydrogen (secondary N) is 3. The van der Waals surface area contributed by atoms with Crippen molar-refractivity contribution in [3.63, 3.8) is 0 Å². The Balaban J connectivity index is 1.64. The molecule has 0 spiro atoms. The van der Waals surface area contributed by atoms with Crippen LogP contribution in [0.3, 0.4) is 0 Å². The second kappa shape index (κ2) is 8.28. The topological polar surface area (TPSA) is 69.8 Å². The molecular formula is C21H25ClN4O. The van der Waals surface area contributed by atoms with E-state index in [1.54, 1.807) is 0 Å². The highest BCUT2D eigenvalue weighted by Crippen LogP contribution is 2.35. The highest BCUT2D eigenvalue weighted by Gasteiger charge is 2.20. The Bertz CT molecular complexity index is 852. The smallest absolute Gasteiger partial charge is 0.291 e. The summed E-state index contributed by atoms with van der Waals surface area (Å²) >= 11 is 5.85.